The molecule has 0 saturated heterocycles. The molecule has 2 heterocycles. The lowest BCUT2D eigenvalue weighted by molar-refractivity contribution is -0.115. The molecule has 3 aromatic rings. The van der Waals surface area contributed by atoms with Crippen LogP contribution in [0.4, 0.5) is 5.69 Å². The van der Waals surface area contributed by atoms with Crippen LogP contribution in [-0.4, -0.2) is 38.2 Å². The number of aromatic nitrogens is 4. The fourth-order valence-corrected chi connectivity index (χ4v) is 3.51. The summed E-state index contributed by atoms with van der Waals surface area (Å²) in [6.45, 7) is 6.10. The maximum absolute atomic E-state index is 12.6. The van der Waals surface area contributed by atoms with Crippen molar-refractivity contribution in [1.29, 1.82) is 0 Å². The first kappa shape index (κ1) is 18.3. The molecular formula is C19H19N5O3S. The minimum absolute atomic E-state index is 0.154. The molecule has 1 amide bonds. The third-order valence-corrected chi connectivity index (χ3v) is 5.50. The minimum atomic E-state index is -0.401. The third-order valence-electron chi connectivity index (χ3n) is 4.47. The van der Waals surface area contributed by atoms with Crippen LogP contribution in [-0.2, 0) is 4.79 Å². The van der Waals surface area contributed by atoms with Gasteiger partial charge >= 0.3 is 0 Å². The summed E-state index contributed by atoms with van der Waals surface area (Å²) in [6, 6.07) is 11.3. The van der Waals surface area contributed by atoms with Gasteiger partial charge in [-0.1, -0.05) is 17.8 Å². The topological polar surface area (TPSA) is 91.2 Å². The Morgan fingerprint density at radius 3 is 2.79 bits per heavy atom. The molecule has 4 rings (SSSR count). The number of fused-ring (bicyclic) bond motifs is 1. The Labute approximate surface area is 166 Å². The van der Waals surface area contributed by atoms with Crippen LogP contribution in [0.5, 0.6) is 11.5 Å². The Balaban J connectivity index is 1.46. The molecule has 8 nitrogen and oxygen atoms in total. The highest BCUT2D eigenvalue weighted by Crippen LogP contribution is 2.34. The van der Waals surface area contributed by atoms with E-state index in [-0.39, 0.29) is 12.7 Å². The number of benzene rings is 2. The first-order valence-corrected chi connectivity index (χ1v) is 9.62. The molecule has 9 heteroatoms. The van der Waals surface area contributed by atoms with Gasteiger partial charge in [0.15, 0.2) is 11.5 Å². The normalized spacial score (nSPS) is 13.4. The van der Waals surface area contributed by atoms with E-state index in [9.17, 15) is 4.79 Å². The molecule has 0 fully saturated rings. The molecule has 144 valence electrons. The maximum Gasteiger partial charge on any atom is 0.237 e. The molecule has 2 aromatic carbocycles. The van der Waals surface area contributed by atoms with Crippen LogP contribution in [0.2, 0.25) is 0 Å². The van der Waals surface area contributed by atoms with Gasteiger partial charge in [0, 0.05) is 11.8 Å². The van der Waals surface area contributed by atoms with E-state index in [1.165, 1.54) is 17.3 Å². The lowest BCUT2D eigenvalue weighted by atomic mass is 10.1. The van der Waals surface area contributed by atoms with Gasteiger partial charge in [0.25, 0.3) is 0 Å². The van der Waals surface area contributed by atoms with Crippen molar-refractivity contribution in [3.05, 3.63) is 47.5 Å². The first-order valence-electron chi connectivity index (χ1n) is 8.74. The zero-order valence-corrected chi connectivity index (χ0v) is 16.5. The number of rotatable bonds is 5. The molecule has 0 saturated carbocycles. The van der Waals surface area contributed by atoms with Gasteiger partial charge in [0.05, 0.1) is 10.9 Å². The molecule has 0 aliphatic carbocycles. The van der Waals surface area contributed by atoms with Crippen molar-refractivity contribution < 1.29 is 14.3 Å². The molecule has 1 aliphatic heterocycles. The predicted octanol–water partition coefficient (Wildman–Crippen LogP) is 3.13. The predicted molar refractivity (Wildman–Crippen MR) is 105 cm³/mol. The maximum atomic E-state index is 12.6. The Morgan fingerprint density at radius 2 is 1.96 bits per heavy atom. The number of ether oxygens (including phenoxy) is 2. The second-order valence-electron chi connectivity index (χ2n) is 6.46. The van der Waals surface area contributed by atoms with Crippen LogP contribution in [0.15, 0.2) is 41.6 Å². The second kappa shape index (κ2) is 7.51. The van der Waals surface area contributed by atoms with E-state index in [1.807, 2.05) is 32.0 Å². The smallest absolute Gasteiger partial charge is 0.237 e. The second-order valence-corrected chi connectivity index (χ2v) is 7.77. The number of anilines is 1. The summed E-state index contributed by atoms with van der Waals surface area (Å²) < 4.78 is 12.3. The number of amides is 1. The van der Waals surface area contributed by atoms with Gasteiger partial charge in [0.1, 0.15) is 0 Å². The molecule has 1 atom stereocenters. The van der Waals surface area contributed by atoms with Crippen molar-refractivity contribution in [3.8, 4) is 17.2 Å². The number of nitrogens with zero attached hydrogens (tertiary/aromatic N) is 4. The fraction of sp³-hybridized carbons (Fsp3) is 0.263. The molecule has 1 aromatic heterocycles. The molecule has 1 N–H and O–H groups in total. The van der Waals surface area contributed by atoms with Crippen LogP contribution in [0.1, 0.15) is 18.1 Å². The van der Waals surface area contributed by atoms with Crippen molar-refractivity contribution in [1.82, 2.24) is 20.2 Å². The summed E-state index contributed by atoms with van der Waals surface area (Å²) in [4.78, 5) is 12.6. The minimum Gasteiger partial charge on any atom is -0.454 e. The monoisotopic (exact) mass is 397 g/mol. The Bertz CT molecular complexity index is 1040. The Hall–Kier alpha value is -3.07. The van der Waals surface area contributed by atoms with Gasteiger partial charge in [-0.3, -0.25) is 4.79 Å². The van der Waals surface area contributed by atoms with Gasteiger partial charge in [-0.2, -0.15) is 4.68 Å². The highest BCUT2D eigenvalue weighted by Gasteiger charge is 2.21. The van der Waals surface area contributed by atoms with Crippen molar-refractivity contribution in [3.63, 3.8) is 0 Å². The van der Waals surface area contributed by atoms with E-state index in [0.717, 1.165) is 11.3 Å². The standard InChI is InChI=1S/C19H19N5O3S/c1-11-4-6-15(8-12(11)2)24-19(21-22-23-24)28-13(3)18(25)20-14-5-7-16-17(9-14)27-10-26-16/h4-9,13H,10H2,1-3H3,(H,20,25). The highest BCUT2D eigenvalue weighted by atomic mass is 32.2. The molecule has 28 heavy (non-hydrogen) atoms. The lowest BCUT2D eigenvalue weighted by Crippen LogP contribution is -2.22. The average molecular weight is 397 g/mol. The summed E-state index contributed by atoms with van der Waals surface area (Å²) in [7, 11) is 0. The summed E-state index contributed by atoms with van der Waals surface area (Å²) in [5, 5.41) is 14.9. The Kier molecular flexibility index (Phi) is 4.91. The van der Waals surface area contributed by atoms with E-state index in [0.29, 0.717) is 22.3 Å². The van der Waals surface area contributed by atoms with Gasteiger partial charge < -0.3 is 14.8 Å². The van der Waals surface area contributed by atoms with Crippen LogP contribution >= 0.6 is 11.8 Å². The molecule has 1 unspecified atom stereocenters. The van der Waals surface area contributed by atoms with Gasteiger partial charge in [-0.15, -0.1) is 5.10 Å². The van der Waals surface area contributed by atoms with Crippen molar-refractivity contribution in [2.45, 2.75) is 31.2 Å². The van der Waals surface area contributed by atoms with E-state index < -0.39 is 5.25 Å². The number of hydrogen-bond acceptors (Lipinski definition) is 7. The SMILES string of the molecule is Cc1ccc(-n2nnnc2SC(C)C(=O)Nc2ccc3c(c2)OCO3)cc1C. The lowest BCUT2D eigenvalue weighted by Gasteiger charge is -2.12. The first-order chi connectivity index (χ1) is 13.5. The number of carbonyl (C=O) groups is 1. The van der Waals surface area contributed by atoms with Gasteiger partial charge in [-0.05, 0) is 66.6 Å². The molecule has 0 spiro atoms. The zero-order valence-electron chi connectivity index (χ0n) is 15.7. The largest absolute Gasteiger partial charge is 0.454 e. The number of carbonyl (C=O) groups excluding carboxylic acids is 1. The number of nitrogens with one attached hydrogen (secondary N) is 1. The van der Waals surface area contributed by atoms with Crippen molar-refractivity contribution in [2.75, 3.05) is 12.1 Å². The quantitative estimate of drug-likeness (QED) is 0.661. The number of tetrazole rings is 1. The highest BCUT2D eigenvalue weighted by molar-refractivity contribution is 8.00. The summed E-state index contributed by atoms with van der Waals surface area (Å²) in [6.07, 6.45) is 0. The average Bonchev–Trinajstić information content (AvgIpc) is 3.32. The van der Waals surface area contributed by atoms with Gasteiger partial charge in [-0.25, -0.2) is 0 Å². The van der Waals surface area contributed by atoms with Crippen LogP contribution in [0.3, 0.4) is 0 Å². The molecule has 0 bridgehead atoms. The number of aryl methyl sites for hydroxylation is 2. The van der Waals surface area contributed by atoms with E-state index >= 15 is 0 Å². The Morgan fingerprint density at radius 1 is 1.14 bits per heavy atom. The van der Waals surface area contributed by atoms with Crippen molar-refractivity contribution in [2.24, 2.45) is 0 Å². The van der Waals surface area contributed by atoms with E-state index in [2.05, 4.69) is 27.8 Å². The van der Waals surface area contributed by atoms with Gasteiger partial charge in [0.2, 0.25) is 17.9 Å². The van der Waals surface area contributed by atoms with Crippen LogP contribution in [0.25, 0.3) is 5.69 Å². The third kappa shape index (κ3) is 3.65. The summed E-state index contributed by atoms with van der Waals surface area (Å²) in [5.74, 6) is 1.14. The molecular weight excluding hydrogens is 378 g/mol. The number of thioether (sulfide) groups is 1. The fourth-order valence-electron chi connectivity index (χ4n) is 2.70. The number of hydrogen-bond donors (Lipinski definition) is 1. The van der Waals surface area contributed by atoms with Crippen molar-refractivity contribution >= 4 is 23.4 Å². The van der Waals surface area contributed by atoms with Crippen LogP contribution < -0.4 is 14.8 Å². The summed E-state index contributed by atoms with van der Waals surface area (Å²) >= 11 is 1.29. The molecule has 1 aliphatic rings. The van der Waals surface area contributed by atoms with E-state index in [1.54, 1.807) is 22.9 Å². The summed E-state index contributed by atoms with van der Waals surface area (Å²) in [5.41, 5.74) is 3.86. The van der Waals surface area contributed by atoms with E-state index in [4.69, 9.17) is 9.47 Å². The van der Waals surface area contributed by atoms with Crippen LogP contribution in [0, 0.1) is 13.8 Å². The zero-order chi connectivity index (χ0) is 19.7. The molecule has 0 radical (unpaired) electrons.